The molecular weight excluding hydrogens is 166 g/mol. The molecule has 12 heavy (non-hydrogen) atoms. The van der Waals surface area contributed by atoms with Crippen LogP contribution in [0.5, 0.6) is 0 Å². The third-order valence-corrected chi connectivity index (χ3v) is 3.25. The van der Waals surface area contributed by atoms with E-state index >= 15 is 0 Å². The van der Waals surface area contributed by atoms with Crippen molar-refractivity contribution < 1.29 is 0 Å². The first-order valence-corrected chi connectivity index (χ1v) is 5.27. The van der Waals surface area contributed by atoms with E-state index in [1.165, 1.54) is 30.0 Å². The molecule has 0 radical (unpaired) electrons. The third kappa shape index (κ3) is 1.58. The molecule has 64 valence electrons. The fourth-order valence-corrected chi connectivity index (χ4v) is 2.37. The van der Waals surface area contributed by atoms with Crippen molar-refractivity contribution in [1.82, 2.24) is 0 Å². The Labute approximate surface area is 77.9 Å². The van der Waals surface area contributed by atoms with Gasteiger partial charge in [0.1, 0.15) is 0 Å². The minimum absolute atomic E-state index is 1.20. The maximum absolute atomic E-state index is 2.37. The summed E-state index contributed by atoms with van der Waals surface area (Å²) in [4.78, 5) is 0. The molecule has 0 bridgehead atoms. The minimum Gasteiger partial charge on any atom is -0.316 e. The SMILES string of the molecule is Cc1ccc(N2CCCS2)cc1. The summed E-state index contributed by atoms with van der Waals surface area (Å²) in [6, 6.07) is 8.75. The molecule has 1 nitrogen and oxygen atoms in total. The number of benzene rings is 1. The smallest absolute Gasteiger partial charge is 0.0470 e. The normalized spacial score (nSPS) is 16.9. The second-order valence-electron chi connectivity index (χ2n) is 3.12. The molecule has 1 aliphatic rings. The number of nitrogens with zero attached hydrogens (tertiary/aromatic N) is 1. The van der Waals surface area contributed by atoms with Crippen molar-refractivity contribution in [3.05, 3.63) is 29.8 Å². The predicted molar refractivity (Wildman–Crippen MR) is 55.6 cm³/mol. The fraction of sp³-hybridized carbons (Fsp3) is 0.400. The third-order valence-electron chi connectivity index (χ3n) is 2.07. The van der Waals surface area contributed by atoms with Gasteiger partial charge in [0.25, 0.3) is 0 Å². The van der Waals surface area contributed by atoms with Crippen molar-refractivity contribution in [3.8, 4) is 0 Å². The van der Waals surface area contributed by atoms with Gasteiger partial charge in [0.15, 0.2) is 0 Å². The van der Waals surface area contributed by atoms with Gasteiger partial charge in [-0.3, -0.25) is 0 Å². The molecule has 1 fully saturated rings. The van der Waals surface area contributed by atoms with E-state index in [1.54, 1.807) is 0 Å². The Morgan fingerprint density at radius 2 is 2.00 bits per heavy atom. The summed E-state index contributed by atoms with van der Waals surface area (Å²) in [7, 11) is 0. The van der Waals surface area contributed by atoms with Gasteiger partial charge < -0.3 is 4.31 Å². The molecule has 0 aliphatic carbocycles. The molecule has 1 aliphatic heterocycles. The van der Waals surface area contributed by atoms with E-state index in [-0.39, 0.29) is 0 Å². The van der Waals surface area contributed by atoms with Crippen LogP contribution in [0.1, 0.15) is 12.0 Å². The highest BCUT2D eigenvalue weighted by Gasteiger charge is 2.12. The van der Waals surface area contributed by atoms with E-state index in [1.807, 2.05) is 11.9 Å². The van der Waals surface area contributed by atoms with Crippen LogP contribution in [-0.4, -0.2) is 12.3 Å². The van der Waals surface area contributed by atoms with Gasteiger partial charge in [0.05, 0.1) is 0 Å². The van der Waals surface area contributed by atoms with Crippen molar-refractivity contribution in [2.24, 2.45) is 0 Å². The molecule has 1 heterocycles. The Morgan fingerprint density at radius 1 is 1.25 bits per heavy atom. The number of aryl methyl sites for hydroxylation is 1. The molecule has 0 saturated carbocycles. The van der Waals surface area contributed by atoms with E-state index in [0.717, 1.165) is 0 Å². The largest absolute Gasteiger partial charge is 0.316 e. The number of anilines is 1. The van der Waals surface area contributed by atoms with Crippen LogP contribution in [-0.2, 0) is 0 Å². The highest BCUT2D eigenvalue weighted by Crippen LogP contribution is 2.27. The summed E-state index contributed by atoms with van der Waals surface area (Å²) < 4.78 is 2.37. The van der Waals surface area contributed by atoms with Crippen molar-refractivity contribution in [3.63, 3.8) is 0 Å². The summed E-state index contributed by atoms with van der Waals surface area (Å²) in [5.74, 6) is 1.27. The Morgan fingerprint density at radius 3 is 2.58 bits per heavy atom. The maximum Gasteiger partial charge on any atom is 0.0470 e. The van der Waals surface area contributed by atoms with E-state index in [9.17, 15) is 0 Å². The van der Waals surface area contributed by atoms with Crippen LogP contribution < -0.4 is 4.31 Å². The number of hydrogen-bond acceptors (Lipinski definition) is 2. The lowest BCUT2D eigenvalue weighted by Crippen LogP contribution is -2.08. The Hall–Kier alpha value is -0.630. The molecule has 0 aromatic heterocycles. The predicted octanol–water partition coefficient (Wildman–Crippen LogP) is 2.85. The van der Waals surface area contributed by atoms with Gasteiger partial charge in [-0.2, -0.15) is 0 Å². The lowest BCUT2D eigenvalue weighted by atomic mass is 10.2. The van der Waals surface area contributed by atoms with Crippen molar-refractivity contribution in [2.75, 3.05) is 16.6 Å². The first-order valence-electron chi connectivity index (χ1n) is 4.33. The summed E-state index contributed by atoms with van der Waals surface area (Å²) in [5.41, 5.74) is 2.69. The summed E-state index contributed by atoms with van der Waals surface area (Å²) in [5, 5.41) is 0. The van der Waals surface area contributed by atoms with Crippen molar-refractivity contribution in [2.45, 2.75) is 13.3 Å². The Bertz CT molecular complexity index is 249. The zero-order valence-electron chi connectivity index (χ0n) is 7.29. The first kappa shape index (κ1) is 7.99. The highest BCUT2D eigenvalue weighted by atomic mass is 32.2. The standard InChI is InChI=1S/C10H13NS/c1-9-3-5-10(6-4-9)11-7-2-8-12-11/h3-6H,2,7-8H2,1H3. The molecule has 1 aromatic rings. The number of rotatable bonds is 1. The van der Waals surface area contributed by atoms with Crippen molar-refractivity contribution in [1.29, 1.82) is 0 Å². The quantitative estimate of drug-likeness (QED) is 0.610. The molecule has 1 saturated heterocycles. The van der Waals surface area contributed by atoms with E-state index in [2.05, 4.69) is 35.5 Å². The van der Waals surface area contributed by atoms with Gasteiger partial charge in [0, 0.05) is 18.0 Å². The molecule has 2 rings (SSSR count). The van der Waals surface area contributed by atoms with Crippen LogP contribution in [0.3, 0.4) is 0 Å². The molecule has 0 spiro atoms. The van der Waals surface area contributed by atoms with Crippen LogP contribution in [0, 0.1) is 6.92 Å². The average Bonchev–Trinajstić information content (AvgIpc) is 2.58. The number of hydrogen-bond donors (Lipinski definition) is 0. The lowest BCUT2D eigenvalue weighted by molar-refractivity contribution is 0.989. The molecule has 2 heteroatoms. The highest BCUT2D eigenvalue weighted by molar-refractivity contribution is 8.00. The molecule has 0 amide bonds. The first-order chi connectivity index (χ1) is 5.86. The van der Waals surface area contributed by atoms with Crippen molar-refractivity contribution >= 4 is 17.6 Å². The van der Waals surface area contributed by atoms with Crippen LogP contribution >= 0.6 is 11.9 Å². The van der Waals surface area contributed by atoms with E-state index in [4.69, 9.17) is 0 Å². The summed E-state index contributed by atoms with van der Waals surface area (Å²) in [6.07, 6.45) is 1.32. The summed E-state index contributed by atoms with van der Waals surface area (Å²) in [6.45, 7) is 3.33. The van der Waals surface area contributed by atoms with Gasteiger partial charge in [-0.05, 0) is 37.4 Å². The van der Waals surface area contributed by atoms with Crippen LogP contribution in [0.15, 0.2) is 24.3 Å². The van der Waals surface area contributed by atoms with Gasteiger partial charge in [0.2, 0.25) is 0 Å². The van der Waals surface area contributed by atoms with Gasteiger partial charge in [-0.15, -0.1) is 0 Å². The summed E-state index contributed by atoms with van der Waals surface area (Å²) >= 11 is 1.93. The molecule has 1 aromatic carbocycles. The van der Waals surface area contributed by atoms with Gasteiger partial charge in [-0.1, -0.05) is 17.7 Å². The minimum atomic E-state index is 1.20. The molecule has 0 N–H and O–H groups in total. The zero-order valence-corrected chi connectivity index (χ0v) is 8.10. The topological polar surface area (TPSA) is 3.24 Å². The van der Waals surface area contributed by atoms with E-state index in [0.29, 0.717) is 0 Å². The Balaban J connectivity index is 2.17. The second-order valence-corrected chi connectivity index (χ2v) is 4.23. The zero-order chi connectivity index (χ0) is 8.39. The van der Waals surface area contributed by atoms with Crippen LogP contribution in [0.25, 0.3) is 0 Å². The van der Waals surface area contributed by atoms with Gasteiger partial charge in [-0.25, -0.2) is 0 Å². The molecule has 0 unspecified atom stereocenters. The molecular formula is C10H13NS. The second kappa shape index (κ2) is 3.40. The Kier molecular flexibility index (Phi) is 2.26. The molecule has 0 atom stereocenters. The fourth-order valence-electron chi connectivity index (χ4n) is 1.36. The van der Waals surface area contributed by atoms with Gasteiger partial charge >= 0.3 is 0 Å². The van der Waals surface area contributed by atoms with Crippen LogP contribution in [0.4, 0.5) is 5.69 Å². The van der Waals surface area contributed by atoms with Crippen LogP contribution in [0.2, 0.25) is 0 Å². The average molecular weight is 179 g/mol. The lowest BCUT2D eigenvalue weighted by Gasteiger charge is -2.15. The monoisotopic (exact) mass is 179 g/mol. The maximum atomic E-state index is 2.37. The van der Waals surface area contributed by atoms with E-state index < -0.39 is 0 Å².